The molecule has 1 unspecified atom stereocenters. The van der Waals surface area contributed by atoms with Crippen molar-refractivity contribution in [2.45, 2.75) is 103 Å². The van der Waals surface area contributed by atoms with Gasteiger partial charge in [0.15, 0.2) is 5.95 Å². The van der Waals surface area contributed by atoms with Gasteiger partial charge in [0, 0.05) is 142 Å². The number of imidazole rings is 1. The van der Waals surface area contributed by atoms with Gasteiger partial charge in [0.05, 0.1) is 36.6 Å². The zero-order valence-corrected chi connectivity index (χ0v) is 53.4. The molecule has 2 aromatic carbocycles. The number of carboxylic acids is 4. The lowest BCUT2D eigenvalue weighted by Crippen LogP contribution is -2.52. The van der Waals surface area contributed by atoms with Gasteiger partial charge in [-0.2, -0.15) is 4.72 Å². The van der Waals surface area contributed by atoms with Gasteiger partial charge < -0.3 is 66.6 Å². The van der Waals surface area contributed by atoms with E-state index in [0.717, 1.165) is 11.1 Å². The largest absolute Gasteiger partial charge is 0.480 e. The minimum atomic E-state index is -4.37. The number of fused-ring (bicyclic) bond motifs is 1. The van der Waals surface area contributed by atoms with E-state index in [-0.39, 0.29) is 151 Å². The number of carbonyl (C=O) groups excluding carboxylic acids is 5. The molecule has 1 fully saturated rings. The van der Waals surface area contributed by atoms with Crippen LogP contribution in [-0.2, 0) is 66.2 Å². The van der Waals surface area contributed by atoms with Crippen molar-refractivity contribution >= 4 is 80.3 Å². The Labute approximate surface area is 533 Å². The summed E-state index contributed by atoms with van der Waals surface area (Å²) in [5.74, 6) is -6.75. The summed E-state index contributed by atoms with van der Waals surface area (Å²) >= 11 is 0. The van der Waals surface area contributed by atoms with Crippen molar-refractivity contribution in [1.82, 2.24) is 65.4 Å². The number of carbonyl (C=O) groups is 9. The van der Waals surface area contributed by atoms with E-state index in [2.05, 4.69) is 46.6 Å². The minimum absolute atomic E-state index is 0.0830. The third-order valence-corrected chi connectivity index (χ3v) is 16.7. The maximum Gasteiger partial charge on any atom is 0.323 e. The van der Waals surface area contributed by atoms with Crippen molar-refractivity contribution in [2.24, 2.45) is 0 Å². The maximum absolute atomic E-state index is 13.9. The number of H-pyrrole nitrogens is 1. The van der Waals surface area contributed by atoms with E-state index in [1.54, 1.807) is 87.7 Å². The van der Waals surface area contributed by atoms with E-state index in [1.165, 1.54) is 6.20 Å². The number of anilines is 1. The number of aryl methyl sites for hydroxylation is 4. The van der Waals surface area contributed by atoms with Crippen LogP contribution in [0, 0.1) is 20.8 Å². The molecule has 0 bridgehead atoms. The van der Waals surface area contributed by atoms with Gasteiger partial charge in [-0.3, -0.25) is 67.5 Å². The van der Waals surface area contributed by atoms with Gasteiger partial charge in [-0.25, -0.2) is 13.4 Å². The molecule has 1 aliphatic heterocycles. The standard InChI is InChI=1S/C60H88N14O17S/c1-5-9-46(68-51(77)36-70-20-22-71(37-52(78)79)24-26-73(39-54(82)83)27-25-72(23-21-70)38-53(80)81)58(86)63-16-8-29-91-28-7-15-62-50(76)13-12-49(75)61-14-6-19-74-35-45(55(84)44-11-10-43(32-48(44)74)33-67-60-64-17-18-65-60)57(85)66-34-47(59(87)88)69-92(89,90)56-41(3)30-40(2)31-42(56)4/h10-11,17-18,30-32,35,46-47,69H,5-9,12-16,19-29,33-34,36-39H2,1-4H3,(H,61,75)(H,62,76)(H,63,86)(H,66,85)(H,68,77)(H,78,79)(H,80,81)(H,82,83)(H,87,88)(H2,64,65,67)/t46?,47-/m0/s1. The second kappa shape index (κ2) is 37.8. The number of nitrogens with zero attached hydrogens (tertiary/aromatic N) is 6. The quantitative estimate of drug-likeness (QED) is 0.0253. The van der Waals surface area contributed by atoms with Crippen molar-refractivity contribution in [3.05, 3.63) is 87.0 Å². The number of nitrogens with one attached hydrogen (secondary N) is 8. The molecule has 92 heavy (non-hydrogen) atoms. The first kappa shape index (κ1) is 74.3. The van der Waals surface area contributed by atoms with E-state index in [9.17, 15) is 76.8 Å². The molecule has 2 atom stereocenters. The van der Waals surface area contributed by atoms with Gasteiger partial charge in [0.2, 0.25) is 39.1 Å². The summed E-state index contributed by atoms with van der Waals surface area (Å²) in [6.45, 7) is 8.78. The molecule has 1 saturated heterocycles. The lowest BCUT2D eigenvalue weighted by molar-refractivity contribution is -0.140. The Morgan fingerprint density at radius 3 is 1.72 bits per heavy atom. The first-order valence-corrected chi connectivity index (χ1v) is 32.0. The molecule has 4 aromatic rings. The Morgan fingerprint density at radius 1 is 0.674 bits per heavy atom. The van der Waals surface area contributed by atoms with Gasteiger partial charge in [-0.15, -0.1) is 0 Å². The first-order chi connectivity index (χ1) is 43.8. The number of aliphatic carboxylic acids is 4. The third kappa shape index (κ3) is 25.7. The van der Waals surface area contributed by atoms with Crippen LogP contribution in [0.2, 0.25) is 0 Å². The Kier molecular flexibility index (Phi) is 30.6. The van der Waals surface area contributed by atoms with E-state index in [1.807, 2.05) is 6.92 Å². The van der Waals surface area contributed by atoms with Crippen molar-refractivity contribution < 1.29 is 76.7 Å². The van der Waals surface area contributed by atoms with Crippen LogP contribution in [0.1, 0.15) is 84.5 Å². The molecule has 0 spiro atoms. The Bertz CT molecular complexity index is 3290. The molecule has 5 rings (SSSR count). The minimum Gasteiger partial charge on any atom is -0.480 e. The van der Waals surface area contributed by atoms with Crippen molar-refractivity contribution in [2.75, 3.05) is 123 Å². The van der Waals surface area contributed by atoms with E-state index < -0.39 is 69.8 Å². The van der Waals surface area contributed by atoms with Crippen LogP contribution in [0.5, 0.6) is 0 Å². The zero-order chi connectivity index (χ0) is 67.3. The zero-order valence-electron chi connectivity index (χ0n) is 52.6. The average molecular weight is 1310 g/mol. The molecule has 5 amide bonds. The normalized spacial score (nSPS) is 14.7. The molecule has 0 aliphatic carbocycles. The fraction of sp³-hybridized carbons (Fsp3) is 0.550. The third-order valence-electron chi connectivity index (χ3n) is 14.9. The van der Waals surface area contributed by atoms with Crippen LogP contribution in [0.4, 0.5) is 5.95 Å². The molecular weight excluding hydrogens is 1220 g/mol. The molecule has 1 aliphatic rings. The van der Waals surface area contributed by atoms with Crippen LogP contribution in [0.25, 0.3) is 10.9 Å². The highest BCUT2D eigenvalue weighted by atomic mass is 32.2. The van der Waals surface area contributed by atoms with Crippen molar-refractivity contribution in [1.29, 1.82) is 0 Å². The fourth-order valence-corrected chi connectivity index (χ4v) is 12.1. The number of benzene rings is 2. The first-order valence-electron chi connectivity index (χ1n) is 30.6. The number of rotatable bonds is 37. The monoisotopic (exact) mass is 1310 g/mol. The number of sulfonamides is 1. The average Bonchev–Trinajstić information content (AvgIpc) is 0.891. The van der Waals surface area contributed by atoms with Gasteiger partial charge in [0.25, 0.3) is 5.91 Å². The summed E-state index contributed by atoms with van der Waals surface area (Å²) in [5.41, 5.74) is 1.87. The summed E-state index contributed by atoms with van der Waals surface area (Å²) in [6, 6.07) is 5.70. The van der Waals surface area contributed by atoms with Gasteiger partial charge in [-0.1, -0.05) is 37.1 Å². The van der Waals surface area contributed by atoms with Crippen molar-refractivity contribution in [3.63, 3.8) is 0 Å². The molecule has 31 nitrogen and oxygen atoms in total. The highest BCUT2D eigenvalue weighted by molar-refractivity contribution is 7.89. The second-order valence-corrected chi connectivity index (χ2v) is 24.2. The number of hydrogen-bond donors (Lipinski definition) is 12. The van der Waals surface area contributed by atoms with Crippen LogP contribution in [-0.4, -0.2) is 246 Å². The van der Waals surface area contributed by atoms with Gasteiger partial charge in [0.1, 0.15) is 17.6 Å². The second-order valence-electron chi connectivity index (χ2n) is 22.5. The lowest BCUT2D eigenvalue weighted by Gasteiger charge is -2.33. The van der Waals surface area contributed by atoms with Crippen LogP contribution < -0.4 is 42.1 Å². The smallest absolute Gasteiger partial charge is 0.323 e. The van der Waals surface area contributed by atoms with Gasteiger partial charge >= 0.3 is 23.9 Å². The number of hydrogen-bond acceptors (Lipinski definition) is 19. The highest BCUT2D eigenvalue weighted by Gasteiger charge is 2.30. The molecule has 506 valence electrons. The number of carboxylic acid groups (broad SMARTS) is 4. The SMILES string of the molecule is CCCC(NC(=O)CN1CCN(CC(=O)O)CCN(CC(=O)O)CCN(CC(=O)O)CC1)C(=O)NCCCOCCCNC(=O)CCC(=O)NCCCn1cc(C(=O)NC[C@H](NS(=O)(=O)c2c(C)cc(C)cc2C)C(=O)O)c(=O)c2ccc(CNc3ncc[nH]3)cc21. The topological polar surface area (TPSA) is 426 Å². The molecule has 12 N–H and O–H groups in total. The van der Waals surface area contributed by atoms with E-state index in [4.69, 9.17) is 4.74 Å². The lowest BCUT2D eigenvalue weighted by atomic mass is 10.1. The number of amides is 5. The molecule has 2 aromatic heterocycles. The molecule has 0 saturated carbocycles. The fourth-order valence-electron chi connectivity index (χ4n) is 10.4. The van der Waals surface area contributed by atoms with Crippen LogP contribution in [0.15, 0.2) is 58.6 Å². The molecule has 0 radical (unpaired) electrons. The van der Waals surface area contributed by atoms with E-state index >= 15 is 0 Å². The summed E-state index contributed by atoms with van der Waals surface area (Å²) in [5, 5.41) is 55.4. The Balaban J connectivity index is 1.03. The number of aromatic amines is 1. The number of aromatic nitrogens is 3. The number of pyridine rings is 1. The highest BCUT2D eigenvalue weighted by Crippen LogP contribution is 2.22. The molecular formula is C60H88N14O17S. The molecule has 3 heterocycles. The summed E-state index contributed by atoms with van der Waals surface area (Å²) in [6.07, 6.45) is 6.55. The summed E-state index contributed by atoms with van der Waals surface area (Å²) in [7, 11) is -4.37. The maximum atomic E-state index is 13.9. The van der Waals surface area contributed by atoms with E-state index in [0.29, 0.717) is 74.5 Å². The predicted octanol–water partition coefficient (Wildman–Crippen LogP) is -0.501. The van der Waals surface area contributed by atoms with Crippen LogP contribution in [0.3, 0.4) is 0 Å². The van der Waals surface area contributed by atoms with Gasteiger partial charge in [-0.05, 0) is 75.3 Å². The summed E-state index contributed by atoms with van der Waals surface area (Å²) in [4.78, 5) is 141. The number of ether oxygens (including phenoxy) is 1. The van der Waals surface area contributed by atoms with Crippen LogP contribution >= 0.6 is 0 Å². The predicted molar refractivity (Wildman–Crippen MR) is 337 cm³/mol. The Morgan fingerprint density at radius 2 is 1.21 bits per heavy atom. The summed E-state index contributed by atoms with van der Waals surface area (Å²) < 4.78 is 36.4. The van der Waals surface area contributed by atoms with Crippen molar-refractivity contribution in [3.8, 4) is 0 Å². The Hall–Kier alpha value is -8.40. The molecule has 32 heteroatoms.